The van der Waals surface area contributed by atoms with E-state index in [2.05, 4.69) is 13.0 Å². The molecule has 3 fully saturated rings. The Balaban J connectivity index is 1.76. The average Bonchev–Trinajstić information content (AvgIpc) is 2.79. The molecule has 0 bridgehead atoms. The number of ether oxygens (including phenoxy) is 3. The van der Waals surface area contributed by atoms with Gasteiger partial charge in [0.05, 0.1) is 0 Å². The van der Waals surface area contributed by atoms with Crippen molar-refractivity contribution in [3.8, 4) is 0 Å². The molecule has 5 atom stereocenters. The molecular weight excluding hydrogens is 256 g/mol. The third-order valence-corrected chi connectivity index (χ3v) is 5.28. The van der Waals surface area contributed by atoms with Gasteiger partial charge in [0.25, 0.3) is 0 Å². The van der Waals surface area contributed by atoms with Gasteiger partial charge in [0.1, 0.15) is 11.7 Å². The van der Waals surface area contributed by atoms with Crippen molar-refractivity contribution < 1.29 is 19.0 Å². The first-order valence-electron chi connectivity index (χ1n) is 7.66. The van der Waals surface area contributed by atoms with Crippen LogP contribution in [0.15, 0.2) is 11.6 Å². The smallest absolute Gasteiger partial charge is 0.188 e. The van der Waals surface area contributed by atoms with E-state index in [4.69, 9.17) is 14.2 Å². The van der Waals surface area contributed by atoms with Crippen LogP contribution in [0, 0.1) is 11.8 Å². The molecule has 0 amide bonds. The molecule has 2 heterocycles. The first kappa shape index (κ1) is 13.0. The second-order valence-electron chi connectivity index (χ2n) is 7.13. The van der Waals surface area contributed by atoms with Gasteiger partial charge in [0, 0.05) is 18.3 Å². The molecule has 4 rings (SSSR count). The third-order valence-electron chi connectivity index (χ3n) is 5.28. The number of carbonyl (C=O) groups excluding carboxylic acids is 1. The molecule has 0 aromatic heterocycles. The summed E-state index contributed by atoms with van der Waals surface area (Å²) in [6, 6.07) is 0. The molecule has 0 radical (unpaired) electrons. The highest BCUT2D eigenvalue weighted by Gasteiger charge is 2.67. The molecule has 4 nitrogen and oxygen atoms in total. The van der Waals surface area contributed by atoms with E-state index in [0.29, 0.717) is 6.42 Å². The Morgan fingerprint density at radius 2 is 2.05 bits per heavy atom. The summed E-state index contributed by atoms with van der Waals surface area (Å²) in [4.78, 5) is 12.7. The largest absolute Gasteiger partial charge is 0.341 e. The highest BCUT2D eigenvalue weighted by molar-refractivity contribution is 5.90. The summed E-state index contributed by atoms with van der Waals surface area (Å²) in [5.74, 6) is -0.0541. The summed E-state index contributed by atoms with van der Waals surface area (Å²) in [5.41, 5.74) is 0.673. The van der Waals surface area contributed by atoms with Crippen LogP contribution < -0.4 is 0 Å². The number of carbonyl (C=O) groups is 1. The molecule has 2 saturated heterocycles. The number of allylic oxidation sites excluding steroid dienone is 1. The minimum Gasteiger partial charge on any atom is -0.341 e. The fourth-order valence-corrected chi connectivity index (χ4v) is 4.61. The van der Waals surface area contributed by atoms with Crippen molar-refractivity contribution in [2.45, 2.75) is 70.2 Å². The zero-order valence-electron chi connectivity index (χ0n) is 12.3. The van der Waals surface area contributed by atoms with E-state index in [1.54, 1.807) is 0 Å². The van der Waals surface area contributed by atoms with Crippen LogP contribution in [0.2, 0.25) is 0 Å². The minimum absolute atomic E-state index is 0.108. The summed E-state index contributed by atoms with van der Waals surface area (Å²) in [6.07, 6.45) is 5.25. The molecule has 1 spiro atoms. The zero-order valence-corrected chi connectivity index (χ0v) is 12.3. The molecule has 2 aliphatic carbocycles. The SMILES string of the molecule is CC1=C[C@@H]2CCCC(=O)[C@@]23O[C@@H]2OC(C)(C)O[C@@H]2[C@H]3C1. The molecule has 0 aromatic carbocycles. The number of Topliss-reactive ketones (excluding diaryl/α,β-unsaturated/α-hetero) is 1. The number of ketones is 1. The quantitative estimate of drug-likeness (QED) is 0.639. The summed E-state index contributed by atoms with van der Waals surface area (Å²) in [5, 5.41) is 0. The summed E-state index contributed by atoms with van der Waals surface area (Å²) < 4.78 is 18.2. The Hall–Kier alpha value is -0.710. The topological polar surface area (TPSA) is 44.8 Å². The summed E-state index contributed by atoms with van der Waals surface area (Å²) in [7, 11) is 0. The molecule has 0 N–H and O–H groups in total. The van der Waals surface area contributed by atoms with E-state index in [1.165, 1.54) is 5.57 Å². The van der Waals surface area contributed by atoms with Crippen LogP contribution in [0.25, 0.3) is 0 Å². The molecule has 4 aliphatic rings. The van der Waals surface area contributed by atoms with Crippen molar-refractivity contribution in [2.24, 2.45) is 11.8 Å². The van der Waals surface area contributed by atoms with Gasteiger partial charge >= 0.3 is 0 Å². The van der Waals surface area contributed by atoms with Gasteiger partial charge in [-0.3, -0.25) is 4.79 Å². The Bertz CT molecular complexity index is 495. The Kier molecular flexibility index (Phi) is 2.55. The molecule has 2 aliphatic heterocycles. The summed E-state index contributed by atoms with van der Waals surface area (Å²) >= 11 is 0. The predicted molar refractivity (Wildman–Crippen MR) is 71.9 cm³/mol. The molecule has 110 valence electrons. The lowest BCUT2D eigenvalue weighted by Gasteiger charge is -2.46. The first-order chi connectivity index (χ1) is 9.42. The number of hydrogen-bond donors (Lipinski definition) is 0. The Labute approximate surface area is 119 Å². The maximum atomic E-state index is 12.7. The van der Waals surface area contributed by atoms with E-state index < -0.39 is 11.4 Å². The van der Waals surface area contributed by atoms with Crippen LogP contribution in [0.4, 0.5) is 0 Å². The highest BCUT2D eigenvalue weighted by Crippen LogP contribution is 2.56. The van der Waals surface area contributed by atoms with Crippen LogP contribution >= 0.6 is 0 Å². The highest BCUT2D eigenvalue weighted by atomic mass is 16.8. The number of rotatable bonds is 0. The Morgan fingerprint density at radius 1 is 1.25 bits per heavy atom. The lowest BCUT2D eigenvalue weighted by atomic mass is 9.62. The molecule has 0 unspecified atom stereocenters. The lowest BCUT2D eigenvalue weighted by molar-refractivity contribution is -0.240. The maximum Gasteiger partial charge on any atom is 0.188 e. The van der Waals surface area contributed by atoms with Crippen molar-refractivity contribution in [1.29, 1.82) is 0 Å². The predicted octanol–water partition coefficient (Wildman–Crippen LogP) is 2.57. The van der Waals surface area contributed by atoms with Gasteiger partial charge in [-0.1, -0.05) is 11.6 Å². The van der Waals surface area contributed by atoms with Gasteiger partial charge in [-0.25, -0.2) is 0 Å². The monoisotopic (exact) mass is 278 g/mol. The maximum absolute atomic E-state index is 12.7. The first-order valence-corrected chi connectivity index (χ1v) is 7.66. The van der Waals surface area contributed by atoms with Gasteiger partial charge in [0.15, 0.2) is 17.9 Å². The van der Waals surface area contributed by atoms with Crippen LogP contribution in [-0.2, 0) is 19.0 Å². The van der Waals surface area contributed by atoms with Gasteiger partial charge in [0.2, 0.25) is 0 Å². The van der Waals surface area contributed by atoms with E-state index in [9.17, 15) is 4.79 Å². The Morgan fingerprint density at radius 3 is 2.85 bits per heavy atom. The second-order valence-corrected chi connectivity index (χ2v) is 7.13. The summed E-state index contributed by atoms with van der Waals surface area (Å²) in [6.45, 7) is 5.97. The number of fused-ring (bicyclic) bond motifs is 2. The van der Waals surface area contributed by atoms with Crippen molar-refractivity contribution in [2.75, 3.05) is 0 Å². The normalized spacial score (nSPS) is 49.4. The zero-order chi connectivity index (χ0) is 14.1. The van der Waals surface area contributed by atoms with Gasteiger partial charge in [-0.15, -0.1) is 0 Å². The van der Waals surface area contributed by atoms with Crippen molar-refractivity contribution in [1.82, 2.24) is 0 Å². The molecule has 0 aromatic rings. The standard InChI is InChI=1S/C16H22O4/c1-9-7-10-5-4-6-12(17)16(10)11(8-9)13-14(20-16)19-15(2,3)18-13/h7,10-11,13-14H,4-6,8H2,1-3H3/t10-,11+,13+,14-,16+/m0/s1. The van der Waals surface area contributed by atoms with E-state index in [1.807, 2.05) is 13.8 Å². The van der Waals surface area contributed by atoms with E-state index >= 15 is 0 Å². The average molecular weight is 278 g/mol. The molecule has 20 heavy (non-hydrogen) atoms. The van der Waals surface area contributed by atoms with Crippen molar-refractivity contribution >= 4 is 5.78 Å². The lowest BCUT2D eigenvalue weighted by Crippen LogP contribution is -2.56. The number of hydrogen-bond acceptors (Lipinski definition) is 4. The van der Waals surface area contributed by atoms with Gasteiger partial charge < -0.3 is 14.2 Å². The third kappa shape index (κ3) is 1.56. The molecule has 4 heteroatoms. The second kappa shape index (κ2) is 3.93. The van der Waals surface area contributed by atoms with E-state index in [0.717, 1.165) is 19.3 Å². The fraction of sp³-hybridized carbons (Fsp3) is 0.812. The van der Waals surface area contributed by atoms with E-state index in [-0.39, 0.29) is 30.0 Å². The van der Waals surface area contributed by atoms with Crippen LogP contribution in [0.1, 0.15) is 46.5 Å². The van der Waals surface area contributed by atoms with Crippen LogP contribution in [-0.4, -0.2) is 29.6 Å². The minimum atomic E-state index is -0.677. The molecule has 1 saturated carbocycles. The van der Waals surface area contributed by atoms with Gasteiger partial charge in [-0.05, 0) is 40.0 Å². The molecular formula is C16H22O4. The van der Waals surface area contributed by atoms with Crippen molar-refractivity contribution in [3.63, 3.8) is 0 Å². The van der Waals surface area contributed by atoms with Crippen LogP contribution in [0.3, 0.4) is 0 Å². The van der Waals surface area contributed by atoms with Crippen LogP contribution in [0.5, 0.6) is 0 Å². The van der Waals surface area contributed by atoms with Crippen molar-refractivity contribution in [3.05, 3.63) is 11.6 Å². The fourth-order valence-electron chi connectivity index (χ4n) is 4.61. The van der Waals surface area contributed by atoms with Gasteiger partial charge in [-0.2, -0.15) is 0 Å².